The molecule has 0 spiro atoms. The van der Waals surface area contributed by atoms with Crippen LogP contribution >= 0.6 is 0 Å². The van der Waals surface area contributed by atoms with Gasteiger partial charge in [0.25, 0.3) is 5.91 Å². The van der Waals surface area contributed by atoms with Crippen LogP contribution in [0.2, 0.25) is 0 Å². The van der Waals surface area contributed by atoms with Gasteiger partial charge in [0.15, 0.2) is 6.61 Å². The summed E-state index contributed by atoms with van der Waals surface area (Å²) in [6.45, 7) is 1.47. The molecule has 0 unspecified atom stereocenters. The zero-order valence-electron chi connectivity index (χ0n) is 13.7. The Labute approximate surface area is 145 Å². The third-order valence-corrected chi connectivity index (χ3v) is 3.40. The first-order valence-electron chi connectivity index (χ1n) is 7.63. The van der Waals surface area contributed by atoms with E-state index >= 15 is 0 Å². The molecule has 0 heterocycles. The van der Waals surface area contributed by atoms with Crippen molar-refractivity contribution in [1.82, 2.24) is 5.32 Å². The van der Waals surface area contributed by atoms with Crippen LogP contribution in [0.25, 0.3) is 0 Å². The first kappa shape index (κ1) is 18.0. The summed E-state index contributed by atoms with van der Waals surface area (Å²) < 4.78 is 4.98. The second kappa shape index (κ2) is 8.49. The van der Waals surface area contributed by atoms with Crippen LogP contribution in [0.4, 0.5) is 10.5 Å². The Hall–Kier alpha value is -3.35. The van der Waals surface area contributed by atoms with Gasteiger partial charge < -0.3 is 21.1 Å². The number of amides is 3. The van der Waals surface area contributed by atoms with Gasteiger partial charge in [-0.3, -0.25) is 4.79 Å². The van der Waals surface area contributed by atoms with Gasteiger partial charge in [-0.15, -0.1) is 0 Å². The fourth-order valence-corrected chi connectivity index (χ4v) is 2.15. The third-order valence-electron chi connectivity index (χ3n) is 3.40. The number of carbonyl (C=O) groups excluding carboxylic acids is 3. The zero-order valence-corrected chi connectivity index (χ0v) is 13.7. The first-order chi connectivity index (χ1) is 12.0. The standard InChI is InChI=1S/C18H19N3O4/c1-12(13-5-3-2-4-6-13)20-16(22)11-25-17(23)14-7-9-15(10-8-14)21-18(19)24/h2-10,12H,11H2,1H3,(H,20,22)(H3,19,21,24)/t12-/m1/s1. The Balaban J connectivity index is 1.82. The van der Waals surface area contributed by atoms with Crippen molar-refractivity contribution in [3.05, 3.63) is 65.7 Å². The quantitative estimate of drug-likeness (QED) is 0.700. The van der Waals surface area contributed by atoms with Crippen molar-refractivity contribution in [2.24, 2.45) is 5.73 Å². The maximum absolute atomic E-state index is 11.9. The van der Waals surface area contributed by atoms with Gasteiger partial charge >= 0.3 is 12.0 Å². The maximum atomic E-state index is 11.9. The average Bonchev–Trinajstić information content (AvgIpc) is 2.60. The summed E-state index contributed by atoms with van der Waals surface area (Å²) in [6.07, 6.45) is 0. The molecule has 25 heavy (non-hydrogen) atoms. The molecule has 4 N–H and O–H groups in total. The molecule has 0 aliphatic carbocycles. The van der Waals surface area contributed by atoms with Gasteiger partial charge in [-0.05, 0) is 36.8 Å². The summed E-state index contributed by atoms with van der Waals surface area (Å²) in [5.41, 5.74) is 6.68. The number of urea groups is 1. The van der Waals surface area contributed by atoms with E-state index < -0.39 is 17.9 Å². The Kier molecular flexibility index (Phi) is 6.11. The van der Waals surface area contributed by atoms with Gasteiger partial charge in [0.1, 0.15) is 0 Å². The molecule has 3 amide bonds. The zero-order chi connectivity index (χ0) is 18.2. The summed E-state index contributed by atoms with van der Waals surface area (Å²) in [5, 5.41) is 5.14. The Morgan fingerprint density at radius 3 is 2.28 bits per heavy atom. The van der Waals surface area contributed by atoms with Crippen LogP contribution < -0.4 is 16.4 Å². The molecule has 2 rings (SSSR count). The van der Waals surface area contributed by atoms with Gasteiger partial charge in [0.2, 0.25) is 0 Å². The van der Waals surface area contributed by atoms with Gasteiger partial charge in [0.05, 0.1) is 11.6 Å². The van der Waals surface area contributed by atoms with Crippen molar-refractivity contribution >= 4 is 23.6 Å². The lowest BCUT2D eigenvalue weighted by Gasteiger charge is -2.14. The van der Waals surface area contributed by atoms with Crippen molar-refractivity contribution in [1.29, 1.82) is 0 Å². The second-order valence-corrected chi connectivity index (χ2v) is 5.34. The van der Waals surface area contributed by atoms with E-state index in [2.05, 4.69) is 10.6 Å². The molecule has 7 heteroatoms. The number of ether oxygens (including phenoxy) is 1. The molecule has 7 nitrogen and oxygen atoms in total. The van der Waals surface area contributed by atoms with Crippen molar-refractivity contribution < 1.29 is 19.1 Å². The SMILES string of the molecule is C[C@@H](NC(=O)COC(=O)c1ccc(NC(N)=O)cc1)c1ccccc1. The van der Waals surface area contributed by atoms with Crippen LogP contribution in [0.3, 0.4) is 0 Å². The lowest BCUT2D eigenvalue weighted by Crippen LogP contribution is -2.31. The van der Waals surface area contributed by atoms with Crippen LogP contribution in [0.15, 0.2) is 54.6 Å². The van der Waals surface area contributed by atoms with E-state index in [1.807, 2.05) is 37.3 Å². The lowest BCUT2D eigenvalue weighted by molar-refractivity contribution is -0.124. The number of rotatable bonds is 6. The van der Waals surface area contributed by atoms with Crippen LogP contribution in [0, 0.1) is 0 Å². The molecular weight excluding hydrogens is 322 g/mol. The van der Waals surface area contributed by atoms with E-state index in [1.54, 1.807) is 0 Å². The molecule has 0 saturated carbocycles. The van der Waals surface area contributed by atoms with E-state index in [4.69, 9.17) is 10.5 Å². The molecule has 0 aliphatic heterocycles. The number of hydrogen-bond acceptors (Lipinski definition) is 4. The largest absolute Gasteiger partial charge is 0.452 e. The predicted molar refractivity (Wildman–Crippen MR) is 92.9 cm³/mol. The van der Waals surface area contributed by atoms with E-state index in [9.17, 15) is 14.4 Å². The average molecular weight is 341 g/mol. The Morgan fingerprint density at radius 1 is 1.04 bits per heavy atom. The second-order valence-electron chi connectivity index (χ2n) is 5.34. The fourth-order valence-electron chi connectivity index (χ4n) is 2.15. The van der Waals surface area contributed by atoms with Crippen molar-refractivity contribution in [2.75, 3.05) is 11.9 Å². The molecule has 0 bridgehead atoms. The predicted octanol–water partition coefficient (Wildman–Crippen LogP) is 2.21. The summed E-state index contributed by atoms with van der Waals surface area (Å²) >= 11 is 0. The van der Waals surface area contributed by atoms with Crippen molar-refractivity contribution in [3.8, 4) is 0 Å². The number of benzene rings is 2. The molecule has 2 aromatic rings. The molecule has 0 saturated heterocycles. The smallest absolute Gasteiger partial charge is 0.338 e. The van der Waals surface area contributed by atoms with Crippen LogP contribution in [-0.4, -0.2) is 24.5 Å². The first-order valence-corrected chi connectivity index (χ1v) is 7.63. The molecule has 0 fully saturated rings. The van der Waals surface area contributed by atoms with E-state index in [0.717, 1.165) is 5.56 Å². The van der Waals surface area contributed by atoms with E-state index in [0.29, 0.717) is 5.69 Å². The molecule has 2 aromatic carbocycles. The fraction of sp³-hybridized carbons (Fsp3) is 0.167. The number of nitrogens with one attached hydrogen (secondary N) is 2. The third kappa shape index (κ3) is 5.65. The number of esters is 1. The van der Waals surface area contributed by atoms with Crippen LogP contribution in [0.5, 0.6) is 0 Å². The normalized spacial score (nSPS) is 11.2. The molecule has 0 aliphatic rings. The number of primary amides is 1. The minimum absolute atomic E-state index is 0.188. The summed E-state index contributed by atoms with van der Waals surface area (Å²) in [4.78, 5) is 34.5. The molecule has 0 radical (unpaired) electrons. The monoisotopic (exact) mass is 341 g/mol. The highest BCUT2D eigenvalue weighted by Gasteiger charge is 2.13. The Bertz CT molecular complexity index is 745. The molecule has 1 atom stereocenters. The topological polar surface area (TPSA) is 111 Å². The number of carbonyl (C=O) groups is 3. The van der Waals surface area contributed by atoms with Crippen LogP contribution in [-0.2, 0) is 9.53 Å². The van der Waals surface area contributed by atoms with Crippen LogP contribution in [0.1, 0.15) is 28.9 Å². The number of hydrogen-bond donors (Lipinski definition) is 3. The minimum Gasteiger partial charge on any atom is -0.452 e. The summed E-state index contributed by atoms with van der Waals surface area (Å²) in [7, 11) is 0. The van der Waals surface area contributed by atoms with Gasteiger partial charge in [-0.1, -0.05) is 30.3 Å². The van der Waals surface area contributed by atoms with Gasteiger partial charge in [-0.2, -0.15) is 0 Å². The van der Waals surface area contributed by atoms with Crippen molar-refractivity contribution in [2.45, 2.75) is 13.0 Å². The highest BCUT2D eigenvalue weighted by molar-refractivity contribution is 5.93. The number of nitrogens with two attached hydrogens (primary N) is 1. The molecular formula is C18H19N3O4. The Morgan fingerprint density at radius 2 is 1.68 bits per heavy atom. The van der Waals surface area contributed by atoms with Crippen molar-refractivity contribution in [3.63, 3.8) is 0 Å². The van der Waals surface area contributed by atoms with Gasteiger partial charge in [-0.25, -0.2) is 9.59 Å². The summed E-state index contributed by atoms with van der Waals surface area (Å²) in [6, 6.07) is 14.5. The minimum atomic E-state index is -0.695. The summed E-state index contributed by atoms with van der Waals surface area (Å²) in [5.74, 6) is -1.02. The van der Waals surface area contributed by atoms with Gasteiger partial charge in [0, 0.05) is 5.69 Å². The number of anilines is 1. The lowest BCUT2D eigenvalue weighted by atomic mass is 10.1. The van der Waals surface area contributed by atoms with E-state index in [-0.39, 0.29) is 18.2 Å². The molecule has 0 aromatic heterocycles. The maximum Gasteiger partial charge on any atom is 0.338 e. The molecule has 130 valence electrons. The van der Waals surface area contributed by atoms with E-state index in [1.165, 1.54) is 24.3 Å². The highest BCUT2D eigenvalue weighted by Crippen LogP contribution is 2.12. The highest BCUT2D eigenvalue weighted by atomic mass is 16.5.